The van der Waals surface area contributed by atoms with Gasteiger partial charge in [-0.2, -0.15) is 19.0 Å². The van der Waals surface area contributed by atoms with E-state index in [2.05, 4.69) is 30.5 Å². The van der Waals surface area contributed by atoms with Gasteiger partial charge in [-0.15, -0.1) is 0 Å². The Labute approximate surface area is 348 Å². The minimum Gasteiger partial charge on any atom is -0.389 e. The number of benzene rings is 2. The van der Waals surface area contributed by atoms with Gasteiger partial charge in [0.1, 0.15) is 29.6 Å². The van der Waals surface area contributed by atoms with Crippen LogP contribution in [0.15, 0.2) is 42.5 Å². The molecule has 2 aromatic carbocycles. The molecule has 21 heteroatoms. The van der Waals surface area contributed by atoms with Gasteiger partial charge in [0.2, 0.25) is 15.9 Å². The van der Waals surface area contributed by atoms with Gasteiger partial charge < -0.3 is 15.7 Å². The van der Waals surface area contributed by atoms with Crippen molar-refractivity contribution in [2.24, 2.45) is 13.0 Å². The minimum atomic E-state index is -3.73. The number of aliphatic hydroxyl groups is 1. The van der Waals surface area contributed by atoms with Gasteiger partial charge in [0.25, 0.3) is 12.3 Å². The van der Waals surface area contributed by atoms with Crippen LogP contribution in [-0.2, 0) is 40.8 Å². The first-order chi connectivity index (χ1) is 28.8. The summed E-state index contributed by atoms with van der Waals surface area (Å²) in [6, 6.07) is 8.34. The molecule has 3 aliphatic carbocycles. The van der Waals surface area contributed by atoms with Gasteiger partial charge in [0.15, 0.2) is 16.6 Å². The number of hydrogen-bond donors (Lipinski definition) is 4. The van der Waals surface area contributed by atoms with Crippen LogP contribution >= 0.6 is 11.3 Å². The number of sulfonamides is 1. The number of halogens is 6. The van der Waals surface area contributed by atoms with Gasteiger partial charge in [-0.1, -0.05) is 23.5 Å². The highest BCUT2D eigenvalue weighted by atomic mass is 32.2. The van der Waals surface area contributed by atoms with Crippen molar-refractivity contribution in [3.63, 3.8) is 0 Å². The van der Waals surface area contributed by atoms with Crippen molar-refractivity contribution in [1.29, 1.82) is 0 Å². The fourth-order valence-corrected chi connectivity index (χ4v) is 10.6. The predicted octanol–water partition coefficient (Wildman–Crippen LogP) is 7.44. The van der Waals surface area contributed by atoms with Crippen molar-refractivity contribution in [3.8, 4) is 11.1 Å². The first-order valence-electron chi connectivity index (χ1n) is 19.5. The number of thiazole rings is 1. The number of para-hydroxylation sites is 1. The predicted molar refractivity (Wildman–Crippen MR) is 215 cm³/mol. The Hall–Kier alpha value is -5.28. The van der Waals surface area contributed by atoms with Crippen molar-refractivity contribution < 1.29 is 44.7 Å². The monoisotopic (exact) mass is 887 g/mol. The van der Waals surface area contributed by atoms with E-state index in [4.69, 9.17) is 4.98 Å². The van der Waals surface area contributed by atoms with E-state index in [1.807, 2.05) is 0 Å². The molecule has 61 heavy (non-hydrogen) atoms. The Kier molecular flexibility index (Phi) is 9.89. The number of fused-ring (bicyclic) bond motifs is 5. The lowest BCUT2D eigenvalue weighted by Gasteiger charge is -2.34. The molecule has 4 heterocycles. The first kappa shape index (κ1) is 41.1. The third-order valence-corrected chi connectivity index (χ3v) is 14.2. The van der Waals surface area contributed by atoms with E-state index in [0.29, 0.717) is 55.5 Å². The number of aromatic nitrogens is 6. The van der Waals surface area contributed by atoms with Crippen LogP contribution in [0.3, 0.4) is 0 Å². The molecule has 0 saturated heterocycles. The van der Waals surface area contributed by atoms with Crippen molar-refractivity contribution in [2.45, 2.75) is 87.7 Å². The molecule has 3 atom stereocenters. The molecule has 0 spiro atoms. The van der Waals surface area contributed by atoms with Crippen LogP contribution in [0.5, 0.6) is 0 Å². The number of amides is 1. The van der Waals surface area contributed by atoms with Gasteiger partial charge in [-0.3, -0.25) is 18.9 Å². The molecule has 13 nitrogen and oxygen atoms in total. The Morgan fingerprint density at radius 1 is 1.02 bits per heavy atom. The fourth-order valence-electron chi connectivity index (χ4n) is 8.45. The van der Waals surface area contributed by atoms with Crippen LogP contribution in [0, 0.1) is 17.6 Å². The molecule has 4 aromatic heterocycles. The molecular weight excluding hydrogens is 849 g/mol. The summed E-state index contributed by atoms with van der Waals surface area (Å²) >= 11 is 1.20. The van der Waals surface area contributed by atoms with E-state index in [0.717, 1.165) is 12.1 Å². The zero-order valence-corrected chi connectivity index (χ0v) is 34.5. The lowest BCUT2D eigenvalue weighted by atomic mass is 9.73. The molecule has 322 valence electrons. The summed E-state index contributed by atoms with van der Waals surface area (Å²) in [7, 11) is -2.12. The van der Waals surface area contributed by atoms with Gasteiger partial charge in [0.05, 0.1) is 32.8 Å². The van der Waals surface area contributed by atoms with E-state index < -0.39 is 86.6 Å². The lowest BCUT2D eigenvalue weighted by Crippen LogP contribution is -2.36. The largest absolute Gasteiger partial charge is 0.389 e. The molecule has 0 bridgehead atoms. The number of anilines is 2. The summed E-state index contributed by atoms with van der Waals surface area (Å²) in [5.74, 6) is -8.16. The summed E-state index contributed by atoms with van der Waals surface area (Å²) in [4.78, 5) is 23.6. The number of hydrogen-bond acceptors (Lipinski definition) is 10. The topological polar surface area (TPSA) is 169 Å². The summed E-state index contributed by atoms with van der Waals surface area (Å²) in [5.41, 5.74) is -1.21. The van der Waals surface area contributed by atoms with Crippen LogP contribution < -0.4 is 15.4 Å². The van der Waals surface area contributed by atoms with Crippen molar-refractivity contribution in [3.05, 3.63) is 82.3 Å². The third-order valence-electron chi connectivity index (χ3n) is 11.4. The third kappa shape index (κ3) is 7.57. The molecule has 0 aliphatic heterocycles. The number of nitrogens with zero attached hydrogens (tertiary/aromatic N) is 6. The van der Waals surface area contributed by atoms with Crippen LogP contribution in [0.25, 0.3) is 32.4 Å². The highest BCUT2D eigenvalue weighted by Gasteiger charge is 2.62. The van der Waals surface area contributed by atoms with Gasteiger partial charge >= 0.3 is 0 Å². The molecule has 4 N–H and O–H groups in total. The van der Waals surface area contributed by atoms with Crippen molar-refractivity contribution in [1.82, 2.24) is 34.8 Å². The summed E-state index contributed by atoms with van der Waals surface area (Å²) in [6.07, 6.45) is -2.01. The van der Waals surface area contributed by atoms with Gasteiger partial charge in [0, 0.05) is 47.7 Å². The van der Waals surface area contributed by atoms with Crippen molar-refractivity contribution in [2.75, 3.05) is 16.6 Å². The number of aryl methyl sites for hydroxylation is 1. The maximum atomic E-state index is 15.7. The number of pyridine rings is 1. The second-order valence-corrected chi connectivity index (χ2v) is 19.6. The van der Waals surface area contributed by atoms with E-state index >= 15 is 8.78 Å². The molecular formula is C40H39F6N9O4S2. The number of nitrogens with one attached hydrogen (secondary N) is 3. The van der Waals surface area contributed by atoms with Crippen LogP contribution in [-0.4, -0.2) is 66.4 Å². The Morgan fingerprint density at radius 3 is 2.41 bits per heavy atom. The fraction of sp³-hybridized carbons (Fsp3) is 0.425. The smallest absolute Gasteiger partial charge is 0.293 e. The normalized spacial score (nSPS) is 18.9. The molecule has 2 fully saturated rings. The molecule has 3 aliphatic rings. The Morgan fingerprint density at radius 2 is 1.75 bits per heavy atom. The Bertz CT molecular complexity index is 2830. The second-order valence-electron chi connectivity index (χ2n) is 16.6. The zero-order valence-electron chi connectivity index (χ0n) is 32.8. The van der Waals surface area contributed by atoms with Gasteiger partial charge in [-0.05, 0) is 81.7 Å². The molecule has 2 saturated carbocycles. The highest BCUT2D eigenvalue weighted by molar-refractivity contribution is 7.93. The zero-order chi connectivity index (χ0) is 43.3. The molecule has 6 aromatic rings. The number of rotatable bonds is 14. The van der Waals surface area contributed by atoms with E-state index in [-0.39, 0.29) is 54.1 Å². The SMILES string of the molecule is Cn1nc(NS(=O)(=O)C2CC2)c2cccc(-c3cc4sc(NCC(C)(C)O)nc4nc3[C@H](Cc3cc(F)cc(F)c3)NC(=O)Cn3nc(C(F)F)c4c3C(F)(F)[C@@H]3CC[C@H]43)c21. The van der Waals surface area contributed by atoms with Crippen molar-refractivity contribution >= 4 is 59.5 Å². The minimum absolute atomic E-state index is 0.0815. The lowest BCUT2D eigenvalue weighted by molar-refractivity contribution is -0.123. The van der Waals surface area contributed by atoms with Crippen LogP contribution in [0.1, 0.15) is 86.1 Å². The van der Waals surface area contributed by atoms with E-state index in [1.54, 1.807) is 45.2 Å². The number of carbonyl (C=O) groups is 1. The maximum absolute atomic E-state index is 15.7. The highest BCUT2D eigenvalue weighted by Crippen LogP contribution is 2.63. The molecule has 0 radical (unpaired) electrons. The number of alkyl halides is 4. The summed E-state index contributed by atoms with van der Waals surface area (Å²) in [6.45, 7) is 2.44. The average molecular weight is 888 g/mol. The summed E-state index contributed by atoms with van der Waals surface area (Å²) in [5, 5.41) is 24.8. The Balaban J connectivity index is 1.18. The maximum Gasteiger partial charge on any atom is 0.293 e. The number of carbonyl (C=O) groups excluding carboxylic acids is 1. The van der Waals surface area contributed by atoms with Crippen LogP contribution in [0.2, 0.25) is 0 Å². The second kappa shape index (κ2) is 14.7. The molecule has 0 unspecified atom stereocenters. The van der Waals surface area contributed by atoms with Crippen LogP contribution in [0.4, 0.5) is 37.3 Å². The van der Waals surface area contributed by atoms with E-state index in [1.165, 1.54) is 16.0 Å². The van der Waals surface area contributed by atoms with Gasteiger partial charge in [-0.25, -0.2) is 35.9 Å². The average Bonchev–Trinajstić information content (AvgIpc) is 3.70. The van der Waals surface area contributed by atoms with E-state index in [9.17, 15) is 35.9 Å². The standard InChI is InChI=1S/C40H39F6N9O4S2/c1-39(2,57)17-47-38-50-37-28(60-38)15-25(22-5-4-6-24-33(22)54(3)52-36(24)53-61(58,59)21-7-8-21)31(49-37)27(13-18-11-19(41)14-20(42)12-18)48-29(56)16-55-34-30(32(51-55)35(43)44)23-9-10-26(23)40(34,45)46/h4-6,11-12,14-15,21,23,26-27,35,57H,7-10,13,16-17H2,1-3H3,(H,48,56)(H,52,53)(H,47,49,50)/t23-,26+,27-/m0/s1. The first-order valence-corrected chi connectivity index (χ1v) is 21.9. The molecule has 9 rings (SSSR count). The summed E-state index contributed by atoms with van der Waals surface area (Å²) < 4.78 is 121. The quantitative estimate of drug-likeness (QED) is 0.0813. The molecule has 1 amide bonds.